The van der Waals surface area contributed by atoms with E-state index in [1.54, 1.807) is 6.08 Å². The van der Waals surface area contributed by atoms with E-state index in [2.05, 4.69) is 18.5 Å². The monoisotopic (exact) mass is 896 g/mol. The number of aldehydes is 1. The number of carbonyl (C=O) groups is 8. The highest BCUT2D eigenvalue weighted by atomic mass is 16.3. The summed E-state index contributed by atoms with van der Waals surface area (Å²) in [5.74, 6) is -4.09. The topological polar surface area (TPSA) is 290 Å². The first-order valence-electron chi connectivity index (χ1n) is 21.8. The van der Waals surface area contributed by atoms with Crippen LogP contribution in [-0.2, 0) is 38.4 Å². The summed E-state index contributed by atoms with van der Waals surface area (Å²) in [7, 11) is 0. The number of amides is 7. The van der Waals surface area contributed by atoms with Crippen LogP contribution in [0.1, 0.15) is 52.4 Å². The maximum absolute atomic E-state index is 13.8. The van der Waals surface area contributed by atoms with Crippen LogP contribution in [0.2, 0.25) is 0 Å². The van der Waals surface area contributed by atoms with Gasteiger partial charge in [-0.2, -0.15) is 0 Å². The minimum absolute atomic E-state index is 0.0487. The fourth-order valence-corrected chi connectivity index (χ4v) is 6.24. The van der Waals surface area contributed by atoms with Gasteiger partial charge in [-0.3, -0.25) is 33.6 Å². The van der Waals surface area contributed by atoms with Gasteiger partial charge in [-0.15, -0.1) is 13.2 Å². The zero-order chi connectivity index (χ0) is 47.6. The molecule has 9 N–H and O–H groups in total. The van der Waals surface area contributed by atoms with Gasteiger partial charge in [0.15, 0.2) is 0 Å². The van der Waals surface area contributed by atoms with E-state index in [4.69, 9.17) is 17.2 Å². The van der Waals surface area contributed by atoms with Gasteiger partial charge < -0.3 is 71.8 Å². The molecule has 0 fully saturated rings. The predicted octanol–water partition coefficient (Wildman–Crippen LogP) is -3.20. The number of hydrogen-bond donors (Lipinski definition) is 6. The molecule has 0 saturated heterocycles. The first kappa shape index (κ1) is 58.2. The molecule has 21 nitrogen and oxygen atoms in total. The van der Waals surface area contributed by atoms with Gasteiger partial charge >= 0.3 is 0 Å². The molecule has 0 unspecified atom stereocenters. The molecule has 0 aliphatic carbocycles. The van der Waals surface area contributed by atoms with Gasteiger partial charge in [0.05, 0.1) is 59.0 Å². The lowest BCUT2D eigenvalue weighted by molar-refractivity contribution is -0.148. The van der Waals surface area contributed by atoms with E-state index in [-0.39, 0.29) is 83.8 Å². The van der Waals surface area contributed by atoms with Crippen LogP contribution in [-0.4, -0.2) is 230 Å². The number of hydrogen-bond acceptors (Lipinski definition) is 14. The lowest BCUT2D eigenvalue weighted by Gasteiger charge is -2.32. The van der Waals surface area contributed by atoms with Crippen molar-refractivity contribution in [2.45, 2.75) is 52.4 Å². The standard InChI is InChI=1S/C42H77N11O10/c1-5-16-46-27-36(57)49(19-11-8-14-44)31-40(61)52(23-26-56)33-42(63)53(28-35(3)4)34-41(62)51(22-25-55)32-38(59)48(17-6-2)30-39(60)50(20-12-9-15-45)29-37(58)47(21-24-54)18-10-7-13-43/h5-6,24,35,46,55-56H,1-2,7-23,25-34,43-45H2,3-4H3. The Bertz CT molecular complexity index is 1420. The van der Waals surface area contributed by atoms with Gasteiger partial charge in [0, 0.05) is 52.4 Å². The number of carbonyl (C=O) groups excluding carboxylic acids is 8. The van der Waals surface area contributed by atoms with Crippen molar-refractivity contribution in [3.8, 4) is 0 Å². The average molecular weight is 896 g/mol. The third-order valence-corrected chi connectivity index (χ3v) is 9.61. The van der Waals surface area contributed by atoms with Crippen molar-refractivity contribution in [3.63, 3.8) is 0 Å². The molecule has 0 aromatic rings. The Balaban J connectivity index is 6.20. The summed E-state index contributed by atoms with van der Waals surface area (Å²) in [6.45, 7) is 8.64. The SMILES string of the molecule is C=CCNCC(=O)N(CCCCN)CC(=O)N(CCO)CC(=O)N(CC(=O)N(CCO)CC(=O)N(CC=C)CC(=O)N(CCCCN)CC(=O)N(CC=O)CCCCN)CC(C)C. The maximum atomic E-state index is 13.8. The molecule has 21 heteroatoms. The van der Waals surface area contributed by atoms with Crippen molar-refractivity contribution in [2.75, 3.05) is 138 Å². The van der Waals surface area contributed by atoms with Crippen LogP contribution < -0.4 is 22.5 Å². The molecule has 0 heterocycles. The fraction of sp³-hybridized carbons (Fsp3) is 0.714. The number of nitrogens with zero attached hydrogens (tertiary/aromatic N) is 7. The van der Waals surface area contributed by atoms with Gasteiger partial charge in [-0.05, 0) is 64.1 Å². The smallest absolute Gasteiger partial charge is 0.242 e. The molecule has 0 bridgehead atoms. The second-order valence-electron chi connectivity index (χ2n) is 15.4. The lowest BCUT2D eigenvalue weighted by Crippen LogP contribution is -2.53. The lowest BCUT2D eigenvalue weighted by atomic mass is 10.2. The second-order valence-corrected chi connectivity index (χ2v) is 15.4. The third kappa shape index (κ3) is 25.2. The fourth-order valence-electron chi connectivity index (χ4n) is 6.24. The van der Waals surface area contributed by atoms with Crippen molar-refractivity contribution < 1.29 is 48.6 Å². The molecule has 360 valence electrons. The van der Waals surface area contributed by atoms with Crippen LogP contribution >= 0.6 is 0 Å². The number of aliphatic hydroxyl groups excluding tert-OH is 2. The molecular formula is C42H77N11O10. The van der Waals surface area contributed by atoms with E-state index < -0.39 is 74.8 Å². The van der Waals surface area contributed by atoms with E-state index in [1.807, 2.05) is 13.8 Å². The normalized spacial score (nSPS) is 10.8. The van der Waals surface area contributed by atoms with Crippen molar-refractivity contribution in [3.05, 3.63) is 25.3 Å². The van der Waals surface area contributed by atoms with E-state index in [0.29, 0.717) is 71.0 Å². The highest BCUT2D eigenvalue weighted by Crippen LogP contribution is 2.08. The third-order valence-electron chi connectivity index (χ3n) is 9.61. The average Bonchev–Trinajstić information content (AvgIpc) is 3.24. The van der Waals surface area contributed by atoms with E-state index in [9.17, 15) is 48.6 Å². The van der Waals surface area contributed by atoms with Gasteiger partial charge in [-0.1, -0.05) is 26.0 Å². The Morgan fingerprint density at radius 2 is 0.873 bits per heavy atom. The Labute approximate surface area is 373 Å². The number of nitrogens with one attached hydrogen (secondary N) is 1. The minimum atomic E-state index is -0.695. The van der Waals surface area contributed by atoms with Gasteiger partial charge in [0.1, 0.15) is 12.8 Å². The summed E-state index contributed by atoms with van der Waals surface area (Å²) in [6, 6.07) is 0. The van der Waals surface area contributed by atoms with Crippen LogP contribution in [0.25, 0.3) is 0 Å². The molecule has 0 aromatic carbocycles. The number of nitrogens with two attached hydrogens (primary N) is 3. The minimum Gasteiger partial charge on any atom is -0.395 e. The van der Waals surface area contributed by atoms with Crippen LogP contribution in [0.5, 0.6) is 0 Å². The first-order valence-corrected chi connectivity index (χ1v) is 21.8. The molecular weight excluding hydrogens is 819 g/mol. The summed E-state index contributed by atoms with van der Waals surface area (Å²) in [4.78, 5) is 115. The van der Waals surface area contributed by atoms with Gasteiger partial charge in [0.2, 0.25) is 41.4 Å². The molecule has 0 radical (unpaired) electrons. The first-order chi connectivity index (χ1) is 30.2. The number of rotatable bonds is 38. The van der Waals surface area contributed by atoms with Crippen LogP contribution in [0.3, 0.4) is 0 Å². The van der Waals surface area contributed by atoms with Gasteiger partial charge in [0.25, 0.3) is 0 Å². The molecule has 0 spiro atoms. The zero-order valence-electron chi connectivity index (χ0n) is 37.8. The summed E-state index contributed by atoms with van der Waals surface area (Å²) in [5, 5.41) is 22.6. The highest BCUT2D eigenvalue weighted by molar-refractivity contribution is 5.93. The number of aliphatic hydroxyl groups is 2. The quantitative estimate of drug-likeness (QED) is 0.0202. The van der Waals surface area contributed by atoms with Crippen molar-refractivity contribution >= 4 is 47.6 Å². The van der Waals surface area contributed by atoms with Crippen LogP contribution in [0, 0.1) is 5.92 Å². The zero-order valence-corrected chi connectivity index (χ0v) is 37.8. The Morgan fingerprint density at radius 1 is 0.508 bits per heavy atom. The Morgan fingerprint density at radius 3 is 1.27 bits per heavy atom. The molecule has 0 rings (SSSR count). The van der Waals surface area contributed by atoms with E-state index in [0.717, 1.165) is 14.7 Å². The summed E-state index contributed by atoms with van der Waals surface area (Å²) >= 11 is 0. The van der Waals surface area contributed by atoms with Crippen LogP contribution in [0.15, 0.2) is 25.3 Å². The predicted molar refractivity (Wildman–Crippen MR) is 239 cm³/mol. The van der Waals surface area contributed by atoms with E-state index >= 15 is 0 Å². The molecule has 0 aromatic heterocycles. The summed E-state index contributed by atoms with van der Waals surface area (Å²) in [5.41, 5.74) is 16.9. The molecule has 0 saturated carbocycles. The molecule has 7 amide bonds. The summed E-state index contributed by atoms with van der Waals surface area (Å²) < 4.78 is 0. The Kier molecular flexibility index (Phi) is 32.9. The highest BCUT2D eigenvalue weighted by Gasteiger charge is 2.30. The van der Waals surface area contributed by atoms with E-state index in [1.165, 1.54) is 25.7 Å². The molecule has 0 atom stereocenters. The van der Waals surface area contributed by atoms with Crippen LogP contribution in [0.4, 0.5) is 0 Å². The van der Waals surface area contributed by atoms with Crippen molar-refractivity contribution in [1.82, 2.24) is 39.6 Å². The second kappa shape index (κ2) is 35.6. The molecule has 0 aliphatic heterocycles. The number of unbranched alkanes of at least 4 members (excludes halogenated alkanes) is 3. The van der Waals surface area contributed by atoms with Gasteiger partial charge in [-0.25, -0.2) is 0 Å². The van der Waals surface area contributed by atoms with Crippen molar-refractivity contribution in [1.29, 1.82) is 0 Å². The maximum Gasteiger partial charge on any atom is 0.242 e. The van der Waals surface area contributed by atoms with Crippen molar-refractivity contribution in [2.24, 2.45) is 23.1 Å². The molecule has 63 heavy (non-hydrogen) atoms. The summed E-state index contributed by atoms with van der Waals surface area (Å²) in [6.07, 6.45) is 7.01. The largest absolute Gasteiger partial charge is 0.395 e. The Hall–Kier alpha value is -4.80. The molecule has 0 aliphatic rings.